The smallest absolute Gasteiger partial charge is 0.128 e. The zero-order valence-electron chi connectivity index (χ0n) is 19.7. The fourth-order valence-corrected chi connectivity index (χ4v) is 5.47. The molecule has 4 nitrogen and oxygen atoms in total. The van der Waals surface area contributed by atoms with Crippen molar-refractivity contribution in [2.24, 2.45) is 20.8 Å². The van der Waals surface area contributed by atoms with Gasteiger partial charge in [-0.25, -0.2) is 0 Å². The van der Waals surface area contributed by atoms with Crippen molar-refractivity contribution in [1.82, 2.24) is 10.6 Å². The summed E-state index contributed by atoms with van der Waals surface area (Å²) in [5.74, 6) is 2.10. The average Bonchev–Trinajstić information content (AvgIpc) is 2.76. The summed E-state index contributed by atoms with van der Waals surface area (Å²) in [7, 11) is 0. The van der Waals surface area contributed by atoms with E-state index in [9.17, 15) is 0 Å². The van der Waals surface area contributed by atoms with Gasteiger partial charge in [0, 0.05) is 48.1 Å². The van der Waals surface area contributed by atoms with E-state index >= 15 is 0 Å². The molecule has 0 amide bonds. The van der Waals surface area contributed by atoms with Crippen LogP contribution in [0.15, 0.2) is 34.3 Å². The second-order valence-corrected chi connectivity index (χ2v) is 9.61. The highest BCUT2D eigenvalue weighted by Gasteiger charge is 2.32. The van der Waals surface area contributed by atoms with Crippen LogP contribution >= 0.6 is 0 Å². The number of rotatable bonds is 10. The molecule has 4 heteroatoms. The van der Waals surface area contributed by atoms with Gasteiger partial charge < -0.3 is 10.6 Å². The van der Waals surface area contributed by atoms with E-state index in [-0.39, 0.29) is 0 Å². The predicted molar refractivity (Wildman–Crippen MR) is 130 cm³/mol. The molecule has 0 spiro atoms. The molecule has 0 fully saturated rings. The molecule has 0 radical (unpaired) electrons. The van der Waals surface area contributed by atoms with Gasteiger partial charge >= 0.3 is 0 Å². The Hall–Kier alpha value is -1.84. The van der Waals surface area contributed by atoms with Crippen molar-refractivity contribution in [1.29, 1.82) is 0 Å². The first-order valence-corrected chi connectivity index (χ1v) is 12.3. The molecule has 2 N–H and O–H groups in total. The van der Waals surface area contributed by atoms with Crippen LogP contribution < -0.4 is 10.6 Å². The quantitative estimate of drug-likeness (QED) is 0.530. The molecular weight excluding hydrogens is 368 g/mol. The van der Waals surface area contributed by atoms with E-state index in [1.54, 1.807) is 0 Å². The largest absolute Gasteiger partial charge is 0.369 e. The number of benzene rings is 1. The Morgan fingerprint density at radius 1 is 0.633 bits per heavy atom. The topological polar surface area (TPSA) is 48.8 Å². The highest BCUT2D eigenvalue weighted by molar-refractivity contribution is 6.02. The van der Waals surface area contributed by atoms with Crippen LogP contribution in [0.5, 0.6) is 0 Å². The maximum atomic E-state index is 4.95. The lowest BCUT2D eigenvalue weighted by molar-refractivity contribution is 0.237. The normalized spacial score (nSPS) is 20.0. The summed E-state index contributed by atoms with van der Waals surface area (Å²) >= 11 is 0. The van der Waals surface area contributed by atoms with Crippen LogP contribution in [0.25, 0.3) is 0 Å². The van der Waals surface area contributed by atoms with Crippen molar-refractivity contribution in [3.8, 4) is 0 Å². The minimum absolute atomic E-state index is 0.344. The third-order valence-electron chi connectivity index (χ3n) is 6.96. The summed E-state index contributed by atoms with van der Waals surface area (Å²) in [4.78, 5) is 9.90. The summed E-state index contributed by atoms with van der Waals surface area (Å²) in [6.07, 6.45) is 9.95. The van der Waals surface area contributed by atoms with E-state index in [4.69, 9.17) is 9.98 Å². The SMILES string of the molecule is CCCC1(CCC)CN=C(c2ccc(C3=NCC(CCC)(CCC)CN3)cc2)NC1. The number of hydrogen-bond donors (Lipinski definition) is 2. The van der Waals surface area contributed by atoms with Crippen LogP contribution in [-0.4, -0.2) is 37.9 Å². The monoisotopic (exact) mass is 410 g/mol. The lowest BCUT2D eigenvalue weighted by Crippen LogP contribution is -2.45. The Morgan fingerprint density at radius 3 is 1.20 bits per heavy atom. The molecule has 2 aliphatic heterocycles. The van der Waals surface area contributed by atoms with Gasteiger partial charge in [0.15, 0.2) is 0 Å². The van der Waals surface area contributed by atoms with E-state index in [1.165, 1.54) is 62.5 Å². The van der Waals surface area contributed by atoms with Gasteiger partial charge in [0.2, 0.25) is 0 Å². The zero-order valence-corrected chi connectivity index (χ0v) is 19.7. The van der Waals surface area contributed by atoms with Gasteiger partial charge in [-0.15, -0.1) is 0 Å². The predicted octanol–water partition coefficient (Wildman–Crippen LogP) is 5.56. The van der Waals surface area contributed by atoms with Crippen molar-refractivity contribution >= 4 is 11.7 Å². The van der Waals surface area contributed by atoms with Crippen LogP contribution in [0.1, 0.15) is 90.2 Å². The minimum atomic E-state index is 0.344. The molecule has 166 valence electrons. The lowest BCUT2D eigenvalue weighted by atomic mass is 9.78. The molecule has 2 aliphatic rings. The first-order chi connectivity index (χ1) is 14.6. The summed E-state index contributed by atoms with van der Waals surface area (Å²) in [6, 6.07) is 8.77. The van der Waals surface area contributed by atoms with Gasteiger partial charge in [-0.3, -0.25) is 9.98 Å². The molecule has 0 unspecified atom stereocenters. The summed E-state index contributed by atoms with van der Waals surface area (Å²) < 4.78 is 0. The molecular formula is C26H42N4. The van der Waals surface area contributed by atoms with Gasteiger partial charge in [0.25, 0.3) is 0 Å². The highest BCUT2D eigenvalue weighted by Crippen LogP contribution is 2.33. The molecule has 0 saturated heterocycles. The van der Waals surface area contributed by atoms with E-state index in [0.29, 0.717) is 10.8 Å². The molecule has 0 aliphatic carbocycles. The highest BCUT2D eigenvalue weighted by atomic mass is 15.1. The second-order valence-electron chi connectivity index (χ2n) is 9.61. The van der Waals surface area contributed by atoms with Crippen LogP contribution in [0.4, 0.5) is 0 Å². The number of nitrogens with one attached hydrogen (secondary N) is 2. The van der Waals surface area contributed by atoms with Crippen LogP contribution in [0.3, 0.4) is 0 Å². The third-order valence-corrected chi connectivity index (χ3v) is 6.96. The summed E-state index contributed by atoms with van der Waals surface area (Å²) in [5, 5.41) is 7.28. The molecule has 0 aromatic heterocycles. The van der Waals surface area contributed by atoms with E-state index in [2.05, 4.69) is 62.6 Å². The lowest BCUT2D eigenvalue weighted by Gasteiger charge is -2.37. The van der Waals surface area contributed by atoms with E-state index in [1.807, 2.05) is 0 Å². The van der Waals surface area contributed by atoms with E-state index in [0.717, 1.165) is 37.9 Å². The van der Waals surface area contributed by atoms with Gasteiger partial charge in [-0.1, -0.05) is 77.6 Å². The second kappa shape index (κ2) is 10.5. The Morgan fingerprint density at radius 2 is 0.967 bits per heavy atom. The fraction of sp³-hybridized carbons (Fsp3) is 0.692. The Labute approximate surface area is 184 Å². The first-order valence-electron chi connectivity index (χ1n) is 12.3. The zero-order chi connectivity index (χ0) is 21.5. The molecule has 0 saturated carbocycles. The third kappa shape index (κ3) is 5.25. The molecule has 2 heterocycles. The van der Waals surface area contributed by atoms with Crippen LogP contribution in [-0.2, 0) is 0 Å². The van der Waals surface area contributed by atoms with Crippen LogP contribution in [0, 0.1) is 10.8 Å². The maximum absolute atomic E-state index is 4.95. The molecule has 30 heavy (non-hydrogen) atoms. The summed E-state index contributed by atoms with van der Waals surface area (Å²) in [5.41, 5.74) is 3.06. The fourth-order valence-electron chi connectivity index (χ4n) is 5.47. The standard InChI is InChI=1S/C26H42N4/c1-5-13-25(14-6-2)17-27-23(28-18-25)21-9-11-22(12-10-21)24-29-19-26(15-7-3,16-8-4)20-30-24/h9-12H,5-8,13-20H2,1-4H3,(H,27,28)(H,29,30). The average molecular weight is 411 g/mol. The van der Waals surface area contributed by atoms with Gasteiger partial charge in [0.05, 0.1) is 0 Å². The van der Waals surface area contributed by atoms with Crippen LogP contribution in [0.2, 0.25) is 0 Å². The van der Waals surface area contributed by atoms with Gasteiger partial charge in [-0.2, -0.15) is 0 Å². The Balaban J connectivity index is 1.67. The van der Waals surface area contributed by atoms with Crippen molar-refractivity contribution in [3.05, 3.63) is 35.4 Å². The van der Waals surface area contributed by atoms with Crippen molar-refractivity contribution in [2.45, 2.75) is 79.1 Å². The molecule has 3 rings (SSSR count). The molecule has 1 aromatic carbocycles. The number of hydrogen-bond acceptors (Lipinski definition) is 4. The number of aliphatic imine (C=N–C) groups is 2. The van der Waals surface area contributed by atoms with E-state index < -0.39 is 0 Å². The Kier molecular flexibility index (Phi) is 7.96. The van der Waals surface area contributed by atoms with Gasteiger partial charge in [-0.05, 0) is 25.7 Å². The Bertz CT molecular complexity index is 657. The number of amidine groups is 2. The van der Waals surface area contributed by atoms with Crippen molar-refractivity contribution < 1.29 is 0 Å². The molecule has 0 bridgehead atoms. The maximum Gasteiger partial charge on any atom is 0.128 e. The minimum Gasteiger partial charge on any atom is -0.369 e. The number of nitrogens with zero attached hydrogens (tertiary/aromatic N) is 2. The summed E-state index contributed by atoms with van der Waals surface area (Å²) in [6.45, 7) is 13.1. The first kappa shape index (κ1) is 22.8. The van der Waals surface area contributed by atoms with Gasteiger partial charge in [0.1, 0.15) is 11.7 Å². The molecule has 0 atom stereocenters. The molecule has 1 aromatic rings. The van der Waals surface area contributed by atoms with Crippen molar-refractivity contribution in [2.75, 3.05) is 26.2 Å². The van der Waals surface area contributed by atoms with Crippen molar-refractivity contribution in [3.63, 3.8) is 0 Å².